The van der Waals surface area contributed by atoms with Crippen molar-refractivity contribution < 1.29 is 14.6 Å². The lowest BCUT2D eigenvalue weighted by molar-refractivity contribution is 0.0696. The molecule has 2 aromatic heterocycles. The zero-order valence-electron chi connectivity index (χ0n) is 15.6. The first-order valence-electron chi connectivity index (χ1n) is 9.28. The van der Waals surface area contributed by atoms with Gasteiger partial charge in [-0.25, -0.2) is 4.98 Å². The van der Waals surface area contributed by atoms with E-state index in [0.29, 0.717) is 35.7 Å². The number of nitrogens with zero attached hydrogens (tertiary/aromatic N) is 4. The Balaban J connectivity index is 1.51. The monoisotopic (exact) mass is 389 g/mol. The van der Waals surface area contributed by atoms with Gasteiger partial charge in [0.15, 0.2) is 5.82 Å². The van der Waals surface area contributed by atoms with Crippen LogP contribution < -0.4 is 5.32 Å². The van der Waals surface area contributed by atoms with Crippen molar-refractivity contribution in [3.05, 3.63) is 59.9 Å². The summed E-state index contributed by atoms with van der Waals surface area (Å²) in [6.07, 6.45) is 4.60. The van der Waals surface area contributed by atoms with Crippen LogP contribution in [0.3, 0.4) is 0 Å². The minimum absolute atomic E-state index is 0.0679. The summed E-state index contributed by atoms with van der Waals surface area (Å²) in [6.45, 7) is 1.31. The second kappa shape index (κ2) is 8.12. The Hall–Kier alpha value is -3.70. The van der Waals surface area contributed by atoms with E-state index in [1.807, 2.05) is 0 Å². The van der Waals surface area contributed by atoms with E-state index >= 15 is 0 Å². The summed E-state index contributed by atoms with van der Waals surface area (Å²) in [5, 5.41) is 26.6. The van der Waals surface area contributed by atoms with Gasteiger partial charge < -0.3 is 15.2 Å². The Kier molecular flexibility index (Phi) is 5.22. The van der Waals surface area contributed by atoms with Gasteiger partial charge in [0.25, 0.3) is 5.91 Å². The third-order valence-electron chi connectivity index (χ3n) is 4.85. The van der Waals surface area contributed by atoms with Crippen LogP contribution in [0, 0.1) is 11.3 Å². The van der Waals surface area contributed by atoms with Gasteiger partial charge in [-0.05, 0) is 42.7 Å². The molecule has 1 fully saturated rings. The molecule has 3 heterocycles. The van der Waals surface area contributed by atoms with Gasteiger partial charge in [-0.3, -0.25) is 4.79 Å². The van der Waals surface area contributed by atoms with Gasteiger partial charge >= 0.3 is 0 Å². The van der Waals surface area contributed by atoms with E-state index in [9.17, 15) is 9.90 Å². The summed E-state index contributed by atoms with van der Waals surface area (Å²) >= 11 is 0. The summed E-state index contributed by atoms with van der Waals surface area (Å²) < 4.78 is 6.60. The van der Waals surface area contributed by atoms with Gasteiger partial charge in [0.1, 0.15) is 0 Å². The van der Waals surface area contributed by atoms with Crippen molar-refractivity contribution in [3.63, 3.8) is 0 Å². The molecule has 146 valence electrons. The fourth-order valence-corrected chi connectivity index (χ4v) is 3.19. The number of hydrogen-bond acceptors (Lipinski definition) is 6. The SMILES string of the molecule is N#Cc1ccc(-c2cnn(-c3ccc(C(=O)NC4CCOCC4)cn3)c2O)cc1. The van der Waals surface area contributed by atoms with Crippen molar-refractivity contribution in [2.75, 3.05) is 13.2 Å². The van der Waals surface area contributed by atoms with Gasteiger partial charge in [0.2, 0.25) is 5.88 Å². The minimum Gasteiger partial charge on any atom is -0.493 e. The second-order valence-corrected chi connectivity index (χ2v) is 6.75. The van der Waals surface area contributed by atoms with E-state index in [-0.39, 0.29) is 17.8 Å². The van der Waals surface area contributed by atoms with Crippen LogP contribution in [-0.2, 0) is 4.74 Å². The fourth-order valence-electron chi connectivity index (χ4n) is 3.19. The zero-order chi connectivity index (χ0) is 20.2. The summed E-state index contributed by atoms with van der Waals surface area (Å²) in [5.74, 6) is 0.144. The van der Waals surface area contributed by atoms with Crippen LogP contribution in [-0.4, -0.2) is 45.0 Å². The number of nitrogens with one attached hydrogen (secondary N) is 1. The highest BCUT2D eigenvalue weighted by Crippen LogP contribution is 2.30. The number of rotatable bonds is 4. The van der Waals surface area contributed by atoms with Crippen molar-refractivity contribution in [3.8, 4) is 28.9 Å². The maximum Gasteiger partial charge on any atom is 0.253 e. The van der Waals surface area contributed by atoms with Crippen molar-refractivity contribution >= 4 is 5.91 Å². The Morgan fingerprint density at radius 3 is 2.59 bits per heavy atom. The second-order valence-electron chi connectivity index (χ2n) is 6.75. The van der Waals surface area contributed by atoms with Crippen LogP contribution in [0.5, 0.6) is 5.88 Å². The fraction of sp³-hybridized carbons (Fsp3) is 0.238. The van der Waals surface area contributed by atoms with Crippen LogP contribution in [0.1, 0.15) is 28.8 Å². The molecule has 0 bridgehead atoms. The molecule has 1 aromatic carbocycles. The normalized spacial score (nSPS) is 14.3. The molecule has 29 heavy (non-hydrogen) atoms. The molecule has 0 radical (unpaired) electrons. The molecule has 1 amide bonds. The highest BCUT2D eigenvalue weighted by molar-refractivity contribution is 5.94. The number of carbonyl (C=O) groups is 1. The number of benzene rings is 1. The number of pyridine rings is 1. The molecule has 2 N–H and O–H groups in total. The van der Waals surface area contributed by atoms with E-state index in [0.717, 1.165) is 18.4 Å². The largest absolute Gasteiger partial charge is 0.493 e. The molecule has 1 aliphatic rings. The third-order valence-corrected chi connectivity index (χ3v) is 4.85. The topological polar surface area (TPSA) is 113 Å². The highest BCUT2D eigenvalue weighted by Gasteiger charge is 2.18. The van der Waals surface area contributed by atoms with Crippen molar-refractivity contribution in [1.29, 1.82) is 5.26 Å². The molecule has 0 atom stereocenters. The van der Waals surface area contributed by atoms with Crippen LogP contribution in [0.2, 0.25) is 0 Å². The highest BCUT2D eigenvalue weighted by atomic mass is 16.5. The maximum atomic E-state index is 12.4. The third kappa shape index (κ3) is 3.95. The first kappa shape index (κ1) is 18.7. The summed E-state index contributed by atoms with van der Waals surface area (Å²) in [6, 6.07) is 12.3. The van der Waals surface area contributed by atoms with E-state index in [2.05, 4.69) is 21.5 Å². The number of nitriles is 1. The summed E-state index contributed by atoms with van der Waals surface area (Å²) in [4.78, 5) is 16.7. The Bertz CT molecular complexity index is 1050. The molecule has 0 spiro atoms. The summed E-state index contributed by atoms with van der Waals surface area (Å²) in [7, 11) is 0. The van der Waals surface area contributed by atoms with Crippen molar-refractivity contribution in [2.24, 2.45) is 0 Å². The standard InChI is InChI=1S/C21H19N5O3/c22-11-14-1-3-15(4-2-14)18-13-24-26(21(18)28)19-6-5-16(12-23-19)20(27)25-17-7-9-29-10-8-17/h1-6,12-13,17,28H,7-10H2,(H,25,27). The van der Waals surface area contributed by atoms with E-state index in [1.165, 1.54) is 17.1 Å². The number of hydrogen-bond donors (Lipinski definition) is 2. The molecule has 0 saturated carbocycles. The Labute approximate surface area is 167 Å². The Morgan fingerprint density at radius 2 is 1.93 bits per heavy atom. The van der Waals surface area contributed by atoms with Gasteiger partial charge in [-0.2, -0.15) is 15.0 Å². The van der Waals surface area contributed by atoms with Crippen LogP contribution in [0.4, 0.5) is 0 Å². The lowest BCUT2D eigenvalue weighted by Gasteiger charge is -2.23. The van der Waals surface area contributed by atoms with Crippen LogP contribution in [0.15, 0.2) is 48.8 Å². The predicted octanol–water partition coefficient (Wildman–Crippen LogP) is 2.42. The van der Waals surface area contributed by atoms with E-state index in [1.54, 1.807) is 36.4 Å². The van der Waals surface area contributed by atoms with Crippen molar-refractivity contribution in [2.45, 2.75) is 18.9 Å². The summed E-state index contributed by atoms with van der Waals surface area (Å²) in [5.41, 5.74) is 2.24. The molecule has 0 aliphatic carbocycles. The van der Waals surface area contributed by atoms with Gasteiger partial charge in [0.05, 0.1) is 29.0 Å². The average Bonchev–Trinajstić information content (AvgIpc) is 3.16. The van der Waals surface area contributed by atoms with Gasteiger partial charge in [0, 0.05) is 25.5 Å². The van der Waals surface area contributed by atoms with Gasteiger partial charge in [-0.15, -0.1) is 0 Å². The molecular weight excluding hydrogens is 370 g/mol. The maximum absolute atomic E-state index is 12.4. The van der Waals surface area contributed by atoms with E-state index < -0.39 is 0 Å². The zero-order valence-corrected chi connectivity index (χ0v) is 15.6. The first-order chi connectivity index (χ1) is 14.2. The number of aromatic hydroxyl groups is 1. The number of ether oxygens (including phenoxy) is 1. The quantitative estimate of drug-likeness (QED) is 0.708. The molecule has 8 nitrogen and oxygen atoms in total. The molecule has 3 aromatic rings. The smallest absolute Gasteiger partial charge is 0.253 e. The van der Waals surface area contributed by atoms with Crippen molar-refractivity contribution in [1.82, 2.24) is 20.1 Å². The van der Waals surface area contributed by atoms with Crippen LogP contribution in [0.25, 0.3) is 16.9 Å². The van der Waals surface area contributed by atoms with Gasteiger partial charge in [-0.1, -0.05) is 12.1 Å². The lowest BCUT2D eigenvalue weighted by atomic mass is 10.1. The van der Waals surface area contributed by atoms with E-state index in [4.69, 9.17) is 10.00 Å². The molecule has 1 aliphatic heterocycles. The Morgan fingerprint density at radius 1 is 1.17 bits per heavy atom. The first-order valence-corrected chi connectivity index (χ1v) is 9.28. The minimum atomic E-state index is -0.182. The number of aromatic nitrogens is 3. The number of amides is 1. The lowest BCUT2D eigenvalue weighted by Crippen LogP contribution is -2.38. The molecule has 4 rings (SSSR count). The molecular formula is C21H19N5O3. The molecule has 0 unspecified atom stereocenters. The number of carbonyl (C=O) groups excluding carboxylic acids is 1. The predicted molar refractivity (Wildman–Crippen MR) is 104 cm³/mol. The molecule has 8 heteroatoms. The molecule has 1 saturated heterocycles. The average molecular weight is 389 g/mol. The van der Waals surface area contributed by atoms with Crippen LogP contribution >= 0.6 is 0 Å².